The molecule has 1 saturated heterocycles. The molecule has 0 bridgehead atoms. The average Bonchev–Trinajstić information content (AvgIpc) is 3.44. The molecule has 5 rings (SSSR count). The maximum Gasteiger partial charge on any atom is 0.333 e. The second kappa shape index (κ2) is 11.7. The van der Waals surface area contributed by atoms with Crippen LogP contribution in [0.3, 0.4) is 0 Å². The Bertz CT molecular complexity index is 1490. The number of nitrogens with zero attached hydrogens (tertiary/aromatic N) is 4. The molecule has 0 saturated carbocycles. The highest BCUT2D eigenvalue weighted by Gasteiger charge is 2.42. The molecular formula is C33H38N4O3S2. The second-order valence-electron chi connectivity index (χ2n) is 10.7. The number of rotatable bonds is 6. The number of carbonyl (C=O) groups excluding carboxylic acids is 3. The molecule has 1 fully saturated rings. The molecule has 220 valence electrons. The van der Waals surface area contributed by atoms with Crippen LogP contribution in [-0.4, -0.2) is 53.8 Å². The Balaban J connectivity index is 1.73. The number of likely N-dealkylation sites (N-methyl/N-ethyl adjacent to an activating group) is 2. The minimum atomic E-state index is -0.564. The number of hydrogen-bond donors (Lipinski definition) is 0. The van der Waals surface area contributed by atoms with E-state index in [1.54, 1.807) is 37.4 Å². The Morgan fingerprint density at radius 2 is 0.952 bits per heavy atom. The van der Waals surface area contributed by atoms with E-state index >= 15 is 0 Å². The van der Waals surface area contributed by atoms with Crippen molar-refractivity contribution in [2.24, 2.45) is 0 Å². The van der Waals surface area contributed by atoms with Gasteiger partial charge in [0.2, 0.25) is 0 Å². The predicted octanol–water partition coefficient (Wildman–Crippen LogP) is 7.29. The first-order chi connectivity index (χ1) is 20.0. The van der Waals surface area contributed by atoms with Crippen LogP contribution in [0, 0.1) is 27.7 Å². The van der Waals surface area contributed by atoms with Crippen molar-refractivity contribution < 1.29 is 14.4 Å². The minimum absolute atomic E-state index is 0.0261. The zero-order valence-electron chi connectivity index (χ0n) is 25.6. The lowest BCUT2D eigenvalue weighted by Gasteiger charge is -2.33. The summed E-state index contributed by atoms with van der Waals surface area (Å²) in [7, 11) is 0. The summed E-state index contributed by atoms with van der Waals surface area (Å²) in [6, 6.07) is 8.24. The van der Waals surface area contributed by atoms with Crippen LogP contribution in [0.25, 0.3) is 0 Å². The van der Waals surface area contributed by atoms with Gasteiger partial charge < -0.3 is 9.80 Å². The van der Waals surface area contributed by atoms with Crippen molar-refractivity contribution in [3.05, 3.63) is 79.9 Å². The van der Waals surface area contributed by atoms with Gasteiger partial charge in [-0.3, -0.25) is 19.4 Å². The largest absolute Gasteiger partial charge is 0.335 e. The summed E-state index contributed by atoms with van der Waals surface area (Å²) in [4.78, 5) is 49.8. The molecule has 0 unspecified atom stereocenters. The van der Waals surface area contributed by atoms with Crippen LogP contribution in [-0.2, 0) is 9.59 Å². The molecule has 0 spiro atoms. The first kappa shape index (κ1) is 30.0. The number of anilines is 2. The number of allylic oxidation sites excluding steroid dienone is 3. The average molecular weight is 603 g/mol. The lowest BCUT2D eigenvalue weighted by Crippen LogP contribution is -2.56. The Labute approximate surface area is 257 Å². The quantitative estimate of drug-likeness (QED) is 0.254. The normalized spacial score (nSPS) is 18.7. The van der Waals surface area contributed by atoms with Crippen molar-refractivity contribution in [2.45, 2.75) is 65.2 Å². The van der Waals surface area contributed by atoms with Crippen molar-refractivity contribution in [1.82, 2.24) is 9.80 Å². The maximum atomic E-state index is 13.8. The number of urea groups is 1. The third-order valence-corrected chi connectivity index (χ3v) is 10.4. The number of benzene rings is 2. The fourth-order valence-electron chi connectivity index (χ4n) is 5.51. The van der Waals surface area contributed by atoms with Crippen molar-refractivity contribution in [2.75, 3.05) is 36.0 Å². The van der Waals surface area contributed by atoms with Crippen molar-refractivity contribution in [1.29, 1.82) is 0 Å². The van der Waals surface area contributed by atoms with E-state index in [0.717, 1.165) is 44.3 Å². The molecule has 2 aromatic rings. The van der Waals surface area contributed by atoms with Gasteiger partial charge in [0, 0.05) is 36.0 Å². The molecule has 3 heterocycles. The third-order valence-electron chi connectivity index (χ3n) is 8.18. The molecular weight excluding hydrogens is 565 g/mol. The standard InChI is InChI=1S/C33H38N4O3S2/c1-9-34-24-13-19(5)21(7)15-26(24)41-28(34)17-23(30-31(38)36(11-3)33(40)37(12-4)32(30)39)18-29-35(10-2)25-14-20(6)22(8)16-27(25)42-29/h13-18H,9-12H2,1-8H3/b28-17-,29-18-. The monoisotopic (exact) mass is 602 g/mol. The topological polar surface area (TPSA) is 64.2 Å². The molecule has 2 aromatic carbocycles. The first-order valence-electron chi connectivity index (χ1n) is 14.5. The van der Waals surface area contributed by atoms with Gasteiger partial charge >= 0.3 is 6.03 Å². The summed E-state index contributed by atoms with van der Waals surface area (Å²) in [5.74, 6) is -1.10. The van der Waals surface area contributed by atoms with Crippen LogP contribution in [0.15, 0.2) is 67.4 Å². The van der Waals surface area contributed by atoms with E-state index in [2.05, 4.69) is 75.6 Å². The number of aryl methyl sites for hydroxylation is 4. The number of barbiturate groups is 1. The van der Waals surface area contributed by atoms with Gasteiger partial charge in [-0.25, -0.2) is 4.79 Å². The zero-order valence-corrected chi connectivity index (χ0v) is 27.3. The van der Waals surface area contributed by atoms with Crippen molar-refractivity contribution in [3.63, 3.8) is 0 Å². The SMILES string of the molecule is CCN1C(=O)C(=C(/C=C2\Sc3cc(C)c(C)cc3N2CC)/C=C2\Sc3cc(C)c(C)cc3N2CC)C(=O)N(CC)C1=O. The number of imide groups is 2. The maximum absolute atomic E-state index is 13.8. The second-order valence-corrected chi connectivity index (χ2v) is 12.8. The first-order valence-corrected chi connectivity index (χ1v) is 16.2. The Hall–Kier alpha value is -3.43. The Morgan fingerprint density at radius 3 is 1.31 bits per heavy atom. The summed E-state index contributed by atoms with van der Waals surface area (Å²) in [6.07, 6.45) is 3.92. The highest BCUT2D eigenvalue weighted by atomic mass is 32.2. The summed E-state index contributed by atoms with van der Waals surface area (Å²) in [5.41, 5.74) is 7.66. The molecule has 3 aliphatic rings. The lowest BCUT2D eigenvalue weighted by molar-refractivity contribution is -0.135. The number of amides is 4. The van der Waals surface area contributed by atoms with E-state index < -0.39 is 17.8 Å². The molecule has 9 heteroatoms. The van der Waals surface area contributed by atoms with Gasteiger partial charge in [0.15, 0.2) is 0 Å². The minimum Gasteiger partial charge on any atom is -0.335 e. The van der Waals surface area contributed by atoms with E-state index in [0.29, 0.717) is 5.57 Å². The molecule has 7 nitrogen and oxygen atoms in total. The lowest BCUT2D eigenvalue weighted by atomic mass is 10.0. The molecule has 42 heavy (non-hydrogen) atoms. The number of carbonyl (C=O) groups is 3. The highest BCUT2D eigenvalue weighted by Crippen LogP contribution is 2.49. The summed E-state index contributed by atoms with van der Waals surface area (Å²) in [6.45, 7) is 18.0. The molecule has 3 aliphatic heterocycles. The molecule has 0 aromatic heterocycles. The van der Waals surface area contributed by atoms with Gasteiger partial charge in [-0.05, 0) is 120 Å². The highest BCUT2D eigenvalue weighted by molar-refractivity contribution is 8.04. The Kier molecular flexibility index (Phi) is 8.36. The predicted molar refractivity (Wildman–Crippen MR) is 173 cm³/mol. The van der Waals surface area contributed by atoms with Crippen LogP contribution < -0.4 is 9.80 Å². The summed E-state index contributed by atoms with van der Waals surface area (Å²) in [5, 5.41) is 1.88. The van der Waals surface area contributed by atoms with Crippen molar-refractivity contribution in [3.8, 4) is 0 Å². The zero-order chi connectivity index (χ0) is 30.5. The molecule has 4 amide bonds. The van der Waals surface area contributed by atoms with Crippen LogP contribution in [0.5, 0.6) is 0 Å². The number of hydrogen-bond acceptors (Lipinski definition) is 7. The molecule has 0 radical (unpaired) electrons. The molecule has 0 aliphatic carbocycles. The fourth-order valence-corrected chi connectivity index (χ4v) is 8.03. The molecule has 0 atom stereocenters. The van der Waals surface area contributed by atoms with E-state index in [-0.39, 0.29) is 18.7 Å². The summed E-state index contributed by atoms with van der Waals surface area (Å²) >= 11 is 3.28. The van der Waals surface area contributed by atoms with Crippen LogP contribution in [0.2, 0.25) is 0 Å². The molecule has 0 N–H and O–H groups in total. The van der Waals surface area contributed by atoms with E-state index in [1.807, 2.05) is 12.2 Å². The smallest absolute Gasteiger partial charge is 0.333 e. The van der Waals surface area contributed by atoms with Gasteiger partial charge in [0.25, 0.3) is 11.8 Å². The van der Waals surface area contributed by atoms with Crippen molar-refractivity contribution >= 4 is 52.7 Å². The van der Waals surface area contributed by atoms with E-state index in [9.17, 15) is 14.4 Å². The fraction of sp³-hybridized carbons (Fsp3) is 0.364. The van der Waals surface area contributed by atoms with E-state index in [4.69, 9.17) is 0 Å². The Morgan fingerprint density at radius 1 is 0.595 bits per heavy atom. The third kappa shape index (κ3) is 4.96. The number of fused-ring (bicyclic) bond motifs is 2. The van der Waals surface area contributed by atoms with Crippen LogP contribution in [0.4, 0.5) is 16.2 Å². The number of thioether (sulfide) groups is 2. The van der Waals surface area contributed by atoms with Crippen LogP contribution >= 0.6 is 23.5 Å². The summed E-state index contributed by atoms with van der Waals surface area (Å²) < 4.78 is 0. The van der Waals surface area contributed by atoms with Gasteiger partial charge in [-0.15, -0.1) is 0 Å². The van der Waals surface area contributed by atoms with Gasteiger partial charge in [0.05, 0.1) is 21.4 Å². The van der Waals surface area contributed by atoms with Gasteiger partial charge in [-0.1, -0.05) is 23.5 Å². The van der Waals surface area contributed by atoms with Gasteiger partial charge in [-0.2, -0.15) is 0 Å². The van der Waals surface area contributed by atoms with E-state index in [1.165, 1.54) is 32.1 Å². The van der Waals surface area contributed by atoms with Gasteiger partial charge in [0.1, 0.15) is 5.57 Å². The van der Waals surface area contributed by atoms with Crippen LogP contribution in [0.1, 0.15) is 49.9 Å².